The molecule has 0 rings (SSSR count). The van der Waals surface area contributed by atoms with Crippen molar-refractivity contribution in [2.75, 3.05) is 0 Å². The van der Waals surface area contributed by atoms with E-state index in [2.05, 4.69) is 5.92 Å². The summed E-state index contributed by atoms with van der Waals surface area (Å²) < 4.78 is 4.85. The molecule has 0 aromatic rings. The smallest absolute Gasteiger partial charge is 0.405 e. The summed E-state index contributed by atoms with van der Waals surface area (Å²) in [6.45, 7) is 5.46. The van der Waals surface area contributed by atoms with Crippen LogP contribution in [0.1, 0.15) is 27.2 Å². The number of nitrogens with two attached hydrogens (primary N) is 1. The number of ether oxygens (including phenoxy) is 1. The molecule has 3 nitrogen and oxygen atoms in total. The van der Waals surface area contributed by atoms with Crippen molar-refractivity contribution >= 4 is 6.09 Å². The molecule has 0 unspecified atom stereocenters. The van der Waals surface area contributed by atoms with Crippen molar-refractivity contribution in [3.8, 4) is 12.3 Å². The van der Waals surface area contributed by atoms with Crippen molar-refractivity contribution < 1.29 is 9.53 Å². The second kappa shape index (κ2) is 4.01. The molecule has 68 valence electrons. The first-order chi connectivity index (χ1) is 5.37. The fraction of sp³-hybridized carbons (Fsp3) is 0.667. The van der Waals surface area contributed by atoms with Crippen molar-refractivity contribution in [3.63, 3.8) is 0 Å². The normalized spacial score (nSPS) is 13.2. The summed E-state index contributed by atoms with van der Waals surface area (Å²) in [7, 11) is 0. The van der Waals surface area contributed by atoms with Crippen LogP contribution in [-0.2, 0) is 4.74 Å². The topological polar surface area (TPSA) is 52.3 Å². The number of amides is 1. The first kappa shape index (κ1) is 10.8. The lowest BCUT2D eigenvalue weighted by Crippen LogP contribution is -2.32. The first-order valence-corrected chi connectivity index (χ1v) is 3.82. The molecular formula is C9H15NO2. The third-order valence-corrected chi connectivity index (χ3v) is 1.46. The third kappa shape index (κ3) is 4.62. The summed E-state index contributed by atoms with van der Waals surface area (Å²) >= 11 is 0. The maximum atomic E-state index is 10.4. The van der Waals surface area contributed by atoms with Gasteiger partial charge in [-0.2, -0.15) is 0 Å². The Bertz CT molecular complexity index is 203. The standard InChI is InChI=1S/C9H15NO2/c1-5-7(2)6-9(3,4)12-8(10)11/h1,7H,6H2,2-4H3,(H2,10,11)/t7-/m1/s1. The zero-order valence-corrected chi connectivity index (χ0v) is 7.76. The number of hydrogen-bond donors (Lipinski definition) is 1. The van der Waals surface area contributed by atoms with Gasteiger partial charge in [0.15, 0.2) is 0 Å². The van der Waals surface area contributed by atoms with Crippen LogP contribution in [0.2, 0.25) is 0 Å². The van der Waals surface area contributed by atoms with Crippen LogP contribution in [0.3, 0.4) is 0 Å². The van der Waals surface area contributed by atoms with Gasteiger partial charge in [0.05, 0.1) is 0 Å². The minimum absolute atomic E-state index is 0.0827. The molecule has 0 aromatic carbocycles. The molecule has 2 N–H and O–H groups in total. The van der Waals surface area contributed by atoms with Crippen LogP contribution in [0.15, 0.2) is 0 Å². The molecule has 12 heavy (non-hydrogen) atoms. The highest BCUT2D eigenvalue weighted by atomic mass is 16.6. The predicted octanol–water partition coefficient (Wildman–Crippen LogP) is 1.52. The maximum Gasteiger partial charge on any atom is 0.405 e. The van der Waals surface area contributed by atoms with Gasteiger partial charge in [0.1, 0.15) is 5.60 Å². The fourth-order valence-electron chi connectivity index (χ4n) is 1.11. The Hall–Kier alpha value is -1.17. The Morgan fingerprint density at radius 2 is 2.25 bits per heavy atom. The van der Waals surface area contributed by atoms with Gasteiger partial charge in [0, 0.05) is 12.3 Å². The molecule has 0 aromatic heterocycles. The van der Waals surface area contributed by atoms with Gasteiger partial charge < -0.3 is 10.5 Å². The molecular weight excluding hydrogens is 154 g/mol. The van der Waals surface area contributed by atoms with Crippen LogP contribution in [-0.4, -0.2) is 11.7 Å². The van der Waals surface area contributed by atoms with Crippen molar-refractivity contribution in [3.05, 3.63) is 0 Å². The largest absolute Gasteiger partial charge is 0.444 e. The maximum absolute atomic E-state index is 10.4. The summed E-state index contributed by atoms with van der Waals surface area (Å²) in [4.78, 5) is 10.4. The lowest BCUT2D eigenvalue weighted by Gasteiger charge is -2.25. The van der Waals surface area contributed by atoms with Gasteiger partial charge >= 0.3 is 6.09 Å². The minimum atomic E-state index is -0.760. The zero-order chi connectivity index (χ0) is 9.78. The first-order valence-electron chi connectivity index (χ1n) is 3.82. The monoisotopic (exact) mass is 169 g/mol. The Labute approximate surface area is 73.3 Å². The number of terminal acetylenes is 1. The number of hydrogen-bond acceptors (Lipinski definition) is 2. The van der Waals surface area contributed by atoms with Crippen molar-refractivity contribution in [2.45, 2.75) is 32.8 Å². The fourth-order valence-corrected chi connectivity index (χ4v) is 1.11. The molecule has 0 bridgehead atoms. The van der Waals surface area contributed by atoms with E-state index in [1.54, 1.807) is 13.8 Å². The second-order valence-corrected chi connectivity index (χ2v) is 3.45. The summed E-state index contributed by atoms with van der Waals surface area (Å²) in [6.07, 6.45) is 5.05. The molecule has 0 aliphatic rings. The van der Waals surface area contributed by atoms with Gasteiger partial charge in [-0.05, 0) is 13.8 Å². The molecule has 0 saturated carbocycles. The Morgan fingerprint density at radius 1 is 1.75 bits per heavy atom. The lowest BCUT2D eigenvalue weighted by atomic mass is 9.95. The van der Waals surface area contributed by atoms with Gasteiger partial charge in [-0.3, -0.25) is 0 Å². The van der Waals surface area contributed by atoms with Crippen molar-refractivity contribution in [2.24, 2.45) is 11.7 Å². The SMILES string of the molecule is C#C[C@@H](C)CC(C)(C)OC(N)=O. The van der Waals surface area contributed by atoms with Crippen LogP contribution in [0.4, 0.5) is 4.79 Å². The zero-order valence-electron chi connectivity index (χ0n) is 7.76. The van der Waals surface area contributed by atoms with E-state index in [-0.39, 0.29) is 5.92 Å². The van der Waals surface area contributed by atoms with Crippen molar-refractivity contribution in [1.29, 1.82) is 0 Å². The van der Waals surface area contributed by atoms with E-state index in [9.17, 15) is 4.79 Å². The Morgan fingerprint density at radius 3 is 2.58 bits per heavy atom. The van der Waals surface area contributed by atoms with E-state index in [0.717, 1.165) is 0 Å². The van der Waals surface area contributed by atoms with Gasteiger partial charge in [0.2, 0.25) is 0 Å². The molecule has 0 aliphatic carbocycles. The van der Waals surface area contributed by atoms with E-state index >= 15 is 0 Å². The van der Waals surface area contributed by atoms with Gasteiger partial charge in [-0.15, -0.1) is 12.3 Å². The molecule has 0 fully saturated rings. The minimum Gasteiger partial charge on any atom is -0.444 e. The lowest BCUT2D eigenvalue weighted by molar-refractivity contribution is 0.0332. The molecule has 0 heterocycles. The molecule has 3 heteroatoms. The molecule has 0 radical (unpaired) electrons. The molecule has 1 amide bonds. The molecule has 0 spiro atoms. The van der Waals surface area contributed by atoms with Gasteiger partial charge in [-0.1, -0.05) is 6.92 Å². The Balaban J connectivity index is 4.05. The van der Waals surface area contributed by atoms with E-state index < -0.39 is 11.7 Å². The van der Waals surface area contributed by atoms with Gasteiger partial charge in [-0.25, -0.2) is 4.79 Å². The average molecular weight is 169 g/mol. The summed E-state index contributed by atoms with van der Waals surface area (Å²) in [5, 5.41) is 0. The molecule has 1 atom stereocenters. The highest BCUT2D eigenvalue weighted by molar-refractivity contribution is 5.65. The summed E-state index contributed by atoms with van der Waals surface area (Å²) in [5.74, 6) is 2.64. The third-order valence-electron chi connectivity index (χ3n) is 1.46. The van der Waals surface area contributed by atoms with Crippen LogP contribution < -0.4 is 5.73 Å². The van der Waals surface area contributed by atoms with Crippen LogP contribution in [0.25, 0.3) is 0 Å². The van der Waals surface area contributed by atoms with E-state index in [4.69, 9.17) is 16.9 Å². The number of primary amides is 1. The summed E-state index contributed by atoms with van der Waals surface area (Å²) in [5.41, 5.74) is 4.31. The Kier molecular flexibility index (Phi) is 3.62. The van der Waals surface area contributed by atoms with Crippen molar-refractivity contribution in [1.82, 2.24) is 0 Å². The highest BCUT2D eigenvalue weighted by Crippen LogP contribution is 2.19. The van der Waals surface area contributed by atoms with E-state index in [1.165, 1.54) is 0 Å². The summed E-state index contributed by atoms with van der Waals surface area (Å²) in [6, 6.07) is 0. The average Bonchev–Trinajstić information content (AvgIpc) is 1.83. The van der Waals surface area contributed by atoms with E-state index in [1.807, 2.05) is 6.92 Å². The second-order valence-electron chi connectivity index (χ2n) is 3.45. The quantitative estimate of drug-likeness (QED) is 0.651. The number of rotatable bonds is 3. The predicted molar refractivity (Wildman–Crippen MR) is 47.4 cm³/mol. The van der Waals surface area contributed by atoms with Crippen LogP contribution in [0, 0.1) is 18.3 Å². The molecule has 0 aliphatic heterocycles. The van der Waals surface area contributed by atoms with E-state index in [0.29, 0.717) is 6.42 Å². The highest BCUT2D eigenvalue weighted by Gasteiger charge is 2.23. The number of carbonyl (C=O) groups excluding carboxylic acids is 1. The van der Waals surface area contributed by atoms with Crippen LogP contribution in [0.5, 0.6) is 0 Å². The van der Waals surface area contributed by atoms with Crippen LogP contribution >= 0.6 is 0 Å². The number of carbonyl (C=O) groups is 1. The van der Waals surface area contributed by atoms with Gasteiger partial charge in [0.25, 0.3) is 0 Å². The molecule has 0 saturated heterocycles.